The maximum Gasteiger partial charge on any atom is 0.347 e. The van der Waals surface area contributed by atoms with E-state index in [0.29, 0.717) is 44.2 Å². The van der Waals surface area contributed by atoms with Gasteiger partial charge in [0.05, 0.1) is 23.3 Å². The summed E-state index contributed by atoms with van der Waals surface area (Å²) in [6.45, 7) is 7.67. The molecule has 310 valence electrons. The van der Waals surface area contributed by atoms with Crippen molar-refractivity contribution >= 4 is 61.6 Å². The molecular formula is C46H66Cl2O6P2. The van der Waals surface area contributed by atoms with Crippen LogP contribution in [0.3, 0.4) is 0 Å². The molecule has 0 unspecified atom stereocenters. The summed E-state index contributed by atoms with van der Waals surface area (Å²) in [5.41, 5.74) is 4.19. The zero-order chi connectivity index (χ0) is 39.6. The molecule has 4 aliphatic carbocycles. The van der Waals surface area contributed by atoms with E-state index in [4.69, 9.17) is 42.1 Å². The third kappa shape index (κ3) is 10.6. The van der Waals surface area contributed by atoms with Crippen molar-refractivity contribution in [1.29, 1.82) is 0 Å². The van der Waals surface area contributed by atoms with E-state index < -0.39 is 40.0 Å². The molecule has 0 spiro atoms. The van der Waals surface area contributed by atoms with Crippen LogP contribution in [0.2, 0.25) is 10.0 Å². The maximum absolute atomic E-state index is 13.3. The van der Waals surface area contributed by atoms with Crippen LogP contribution in [0.25, 0.3) is 11.1 Å². The highest BCUT2D eigenvalue weighted by Gasteiger charge is 2.41. The first-order chi connectivity index (χ1) is 27.2. The van der Waals surface area contributed by atoms with E-state index in [1.54, 1.807) is 13.8 Å². The van der Waals surface area contributed by atoms with Gasteiger partial charge < -0.3 is 18.9 Å². The predicted molar refractivity (Wildman–Crippen MR) is 236 cm³/mol. The Morgan fingerprint density at radius 2 is 0.821 bits per heavy atom. The first-order valence-corrected chi connectivity index (χ1v) is 25.8. The molecule has 0 aromatic heterocycles. The Bertz CT molecular complexity index is 1440. The third-order valence-electron chi connectivity index (χ3n) is 12.7. The predicted octanol–water partition coefficient (Wildman–Crippen LogP) is 12.9. The van der Waals surface area contributed by atoms with Gasteiger partial charge in [0, 0.05) is 11.1 Å². The monoisotopic (exact) mass is 846 g/mol. The first-order valence-electron chi connectivity index (χ1n) is 22.1. The van der Waals surface area contributed by atoms with E-state index >= 15 is 0 Å². The standard InChI is InChI=1S/C46H66Cl2O6P2/c1-5-51-45(49)31(3)53-43-37(47)27-29-39(55(33-19-11-7-12-20-33)34-21-13-8-14-22-34)41(43)42-40(30-28-38(48)44(42)54-32(4)46(50)52-6-2)56(35-23-15-9-16-24-35)36-25-17-10-18-26-36/h27-36H,5-26H2,1-4H3/t31-,32-/m0/s1. The van der Waals surface area contributed by atoms with E-state index in [9.17, 15) is 9.59 Å². The fourth-order valence-corrected chi connectivity index (χ4v) is 18.3. The molecule has 0 saturated heterocycles. The largest absolute Gasteiger partial charge is 0.477 e. The van der Waals surface area contributed by atoms with Crippen LogP contribution in [0.4, 0.5) is 0 Å². The van der Waals surface area contributed by atoms with Crippen molar-refractivity contribution in [2.75, 3.05) is 13.2 Å². The van der Waals surface area contributed by atoms with Gasteiger partial charge in [-0.3, -0.25) is 0 Å². The van der Waals surface area contributed by atoms with Gasteiger partial charge in [-0.25, -0.2) is 9.59 Å². The second-order valence-corrected chi connectivity index (χ2v) is 22.9. The lowest BCUT2D eigenvalue weighted by atomic mass is 9.99. The molecule has 4 fully saturated rings. The molecule has 0 bridgehead atoms. The number of carbonyl (C=O) groups is 2. The molecule has 0 radical (unpaired) electrons. The number of rotatable bonds is 15. The van der Waals surface area contributed by atoms with Gasteiger partial charge in [-0.2, -0.15) is 0 Å². The second-order valence-electron chi connectivity index (χ2n) is 16.5. The molecule has 0 amide bonds. The Hall–Kier alpha value is -1.58. The van der Waals surface area contributed by atoms with Gasteiger partial charge in [-0.15, -0.1) is 0 Å². The lowest BCUT2D eigenvalue weighted by Crippen LogP contribution is -2.32. The van der Waals surface area contributed by atoms with Gasteiger partial charge in [0.1, 0.15) is 11.5 Å². The van der Waals surface area contributed by atoms with Crippen LogP contribution >= 0.6 is 39.0 Å². The van der Waals surface area contributed by atoms with Crippen LogP contribution in [0.1, 0.15) is 156 Å². The number of hydrogen-bond donors (Lipinski definition) is 0. The van der Waals surface area contributed by atoms with Crippen LogP contribution in [0.15, 0.2) is 24.3 Å². The number of carbonyl (C=O) groups excluding carboxylic acids is 2. The zero-order valence-corrected chi connectivity index (χ0v) is 37.7. The highest BCUT2D eigenvalue weighted by molar-refractivity contribution is 7.68. The van der Waals surface area contributed by atoms with Gasteiger partial charge in [0.15, 0.2) is 12.2 Å². The number of hydrogen-bond acceptors (Lipinski definition) is 6. The molecule has 2 atom stereocenters. The van der Waals surface area contributed by atoms with E-state index in [0.717, 1.165) is 11.1 Å². The van der Waals surface area contributed by atoms with Crippen LogP contribution in [0.5, 0.6) is 11.5 Å². The summed E-state index contributed by atoms with van der Waals surface area (Å²) in [6, 6.07) is 8.60. The number of halogens is 2. The van der Waals surface area contributed by atoms with Gasteiger partial charge in [0.2, 0.25) is 0 Å². The topological polar surface area (TPSA) is 71.1 Å². The van der Waals surface area contributed by atoms with Gasteiger partial charge in [-0.1, -0.05) is 128 Å². The van der Waals surface area contributed by atoms with Crippen LogP contribution in [-0.4, -0.2) is 60.0 Å². The van der Waals surface area contributed by atoms with E-state index in [1.165, 1.54) is 139 Å². The Balaban J connectivity index is 1.68. The van der Waals surface area contributed by atoms with Crippen molar-refractivity contribution in [2.45, 2.75) is 191 Å². The second kappa shape index (κ2) is 21.6. The lowest BCUT2D eigenvalue weighted by Gasteiger charge is -2.42. The summed E-state index contributed by atoms with van der Waals surface area (Å²) in [4.78, 5) is 26.7. The molecule has 0 heterocycles. The third-order valence-corrected chi connectivity index (χ3v) is 20.3. The zero-order valence-electron chi connectivity index (χ0n) is 34.4. The minimum absolute atomic E-state index is 0.261. The summed E-state index contributed by atoms with van der Waals surface area (Å²) in [5, 5.41) is 3.48. The van der Waals surface area contributed by atoms with Crippen molar-refractivity contribution < 1.29 is 28.5 Å². The number of ether oxygens (including phenoxy) is 4. The molecule has 2 aromatic carbocycles. The minimum Gasteiger partial charge on any atom is -0.477 e. The summed E-state index contributed by atoms with van der Waals surface area (Å²) < 4.78 is 24.7. The van der Waals surface area contributed by atoms with E-state index in [-0.39, 0.29) is 13.2 Å². The Kier molecular flexibility index (Phi) is 17.0. The molecule has 0 aliphatic heterocycles. The van der Waals surface area contributed by atoms with Gasteiger partial charge in [-0.05, 0) is 124 Å². The molecule has 4 aliphatic rings. The minimum atomic E-state index is -0.888. The summed E-state index contributed by atoms with van der Waals surface area (Å²) in [6.07, 6.45) is 23.2. The average Bonchev–Trinajstić information content (AvgIpc) is 3.22. The molecule has 10 heteroatoms. The fourth-order valence-electron chi connectivity index (χ4n) is 10.0. The molecule has 56 heavy (non-hydrogen) atoms. The number of benzene rings is 2. The van der Waals surface area contributed by atoms with Crippen molar-refractivity contribution in [3.05, 3.63) is 34.3 Å². The quantitative estimate of drug-likeness (QED) is 0.131. The van der Waals surface area contributed by atoms with Crippen molar-refractivity contribution in [2.24, 2.45) is 0 Å². The van der Waals surface area contributed by atoms with Gasteiger partial charge >= 0.3 is 11.9 Å². The molecular weight excluding hydrogens is 781 g/mol. The van der Waals surface area contributed by atoms with Gasteiger partial charge in [0.25, 0.3) is 0 Å². The fraction of sp³-hybridized carbons (Fsp3) is 0.696. The molecule has 0 N–H and O–H groups in total. The lowest BCUT2D eigenvalue weighted by molar-refractivity contribution is -0.151. The molecule has 2 aromatic rings. The normalized spacial score (nSPS) is 20.5. The smallest absolute Gasteiger partial charge is 0.347 e. The maximum atomic E-state index is 13.3. The van der Waals surface area contributed by atoms with Crippen molar-refractivity contribution in [3.8, 4) is 22.6 Å². The summed E-state index contributed by atoms with van der Waals surface area (Å²) >= 11 is 14.7. The Labute approximate surface area is 349 Å². The Morgan fingerprint density at radius 3 is 1.09 bits per heavy atom. The first kappa shape index (κ1) is 44.0. The van der Waals surface area contributed by atoms with E-state index in [1.807, 2.05) is 26.0 Å². The molecule has 6 nitrogen and oxygen atoms in total. The highest BCUT2D eigenvalue weighted by atomic mass is 35.5. The number of esters is 2. The van der Waals surface area contributed by atoms with Crippen LogP contribution in [0, 0.1) is 0 Å². The SMILES string of the molecule is CCOC(=O)[C@H](C)Oc1c(Cl)ccc(P(C2CCCCC2)C2CCCCC2)c1-c1c(P(C2CCCCC2)C2CCCCC2)ccc(Cl)c1O[C@@H](C)C(=O)OCC. The molecule has 4 saturated carbocycles. The summed E-state index contributed by atoms with van der Waals surface area (Å²) in [7, 11) is -1.34. The van der Waals surface area contributed by atoms with Crippen LogP contribution in [-0.2, 0) is 19.1 Å². The van der Waals surface area contributed by atoms with Crippen LogP contribution < -0.4 is 20.1 Å². The van der Waals surface area contributed by atoms with Crippen molar-refractivity contribution in [1.82, 2.24) is 0 Å². The summed E-state index contributed by atoms with van der Waals surface area (Å²) in [5.74, 6) is 0.158. The highest BCUT2D eigenvalue weighted by Crippen LogP contribution is 2.61. The average molecular weight is 848 g/mol. The molecule has 6 rings (SSSR count). The Morgan fingerprint density at radius 1 is 0.536 bits per heavy atom. The van der Waals surface area contributed by atoms with Crippen molar-refractivity contribution in [3.63, 3.8) is 0 Å². The van der Waals surface area contributed by atoms with E-state index in [2.05, 4.69) is 12.1 Å².